The van der Waals surface area contributed by atoms with E-state index in [0.717, 1.165) is 0 Å². The number of furan rings is 1. The molecule has 0 aliphatic rings. The Bertz CT molecular complexity index is 613. The molecule has 0 fully saturated rings. The van der Waals surface area contributed by atoms with Crippen molar-refractivity contribution in [3.05, 3.63) is 42.4 Å². The number of carbonyl (C=O) groups is 2. The van der Waals surface area contributed by atoms with Crippen LogP contribution in [0, 0.1) is 6.20 Å². The van der Waals surface area contributed by atoms with E-state index in [1.165, 1.54) is 17.0 Å². The Morgan fingerprint density at radius 3 is 2.90 bits per heavy atom. The molecule has 0 aliphatic heterocycles. The van der Waals surface area contributed by atoms with Crippen molar-refractivity contribution in [3.8, 4) is 0 Å². The van der Waals surface area contributed by atoms with Gasteiger partial charge in [0.2, 0.25) is 5.91 Å². The summed E-state index contributed by atoms with van der Waals surface area (Å²) in [6, 6.07) is 3.50. The minimum absolute atomic E-state index is 0.0110. The SMILES string of the molecule is CC(C)(C(=O)NCc1ccco1)n1c[c]nc1C(N)=O. The van der Waals surface area contributed by atoms with E-state index < -0.39 is 11.4 Å². The highest BCUT2D eigenvalue weighted by Crippen LogP contribution is 2.17. The zero-order valence-corrected chi connectivity index (χ0v) is 11.2. The first kappa shape index (κ1) is 13.9. The van der Waals surface area contributed by atoms with Crippen molar-refractivity contribution in [3.63, 3.8) is 0 Å². The lowest BCUT2D eigenvalue weighted by molar-refractivity contribution is -0.128. The molecule has 0 saturated carbocycles. The average Bonchev–Trinajstić information content (AvgIpc) is 3.06. The number of imidazole rings is 1. The fourth-order valence-electron chi connectivity index (χ4n) is 1.77. The first-order valence-electron chi connectivity index (χ1n) is 5.99. The Morgan fingerprint density at radius 1 is 1.55 bits per heavy atom. The van der Waals surface area contributed by atoms with Gasteiger partial charge in [0.15, 0.2) is 5.82 Å². The Balaban J connectivity index is 2.14. The van der Waals surface area contributed by atoms with Gasteiger partial charge in [-0.05, 0) is 26.0 Å². The third-order valence-electron chi connectivity index (χ3n) is 2.97. The monoisotopic (exact) mass is 275 g/mol. The van der Waals surface area contributed by atoms with Gasteiger partial charge in [0.05, 0.1) is 12.8 Å². The van der Waals surface area contributed by atoms with E-state index in [1.807, 2.05) is 0 Å². The van der Waals surface area contributed by atoms with Crippen LogP contribution in [0.2, 0.25) is 0 Å². The zero-order chi connectivity index (χ0) is 14.8. The quantitative estimate of drug-likeness (QED) is 0.825. The number of nitrogens with zero attached hydrogens (tertiary/aromatic N) is 2. The Labute approximate surface area is 115 Å². The van der Waals surface area contributed by atoms with Crippen LogP contribution in [-0.2, 0) is 16.9 Å². The van der Waals surface area contributed by atoms with E-state index in [-0.39, 0.29) is 18.3 Å². The van der Waals surface area contributed by atoms with Gasteiger partial charge in [0, 0.05) is 6.20 Å². The second-order valence-corrected chi connectivity index (χ2v) is 4.75. The molecule has 105 valence electrons. The second kappa shape index (κ2) is 5.20. The van der Waals surface area contributed by atoms with E-state index >= 15 is 0 Å². The van der Waals surface area contributed by atoms with Crippen molar-refractivity contribution < 1.29 is 14.0 Å². The lowest BCUT2D eigenvalue weighted by atomic mass is 10.0. The first-order valence-corrected chi connectivity index (χ1v) is 5.99. The maximum Gasteiger partial charge on any atom is 0.284 e. The van der Waals surface area contributed by atoms with Gasteiger partial charge in [0.25, 0.3) is 5.91 Å². The number of primary amides is 1. The Hall–Kier alpha value is -2.57. The molecule has 2 amide bonds. The van der Waals surface area contributed by atoms with Gasteiger partial charge in [-0.2, -0.15) is 0 Å². The summed E-state index contributed by atoms with van der Waals surface area (Å²) in [7, 11) is 0. The van der Waals surface area contributed by atoms with Crippen molar-refractivity contribution >= 4 is 11.8 Å². The summed E-state index contributed by atoms with van der Waals surface area (Å²) in [5, 5.41) is 2.73. The highest BCUT2D eigenvalue weighted by molar-refractivity contribution is 5.91. The largest absolute Gasteiger partial charge is 0.467 e. The minimum Gasteiger partial charge on any atom is -0.467 e. The van der Waals surface area contributed by atoms with Crippen molar-refractivity contribution in [2.24, 2.45) is 5.73 Å². The maximum absolute atomic E-state index is 12.3. The minimum atomic E-state index is -1.02. The molecule has 0 spiro atoms. The summed E-state index contributed by atoms with van der Waals surface area (Å²) in [6.07, 6.45) is 5.48. The molecule has 20 heavy (non-hydrogen) atoms. The van der Waals surface area contributed by atoms with Crippen LogP contribution in [0.3, 0.4) is 0 Å². The zero-order valence-electron chi connectivity index (χ0n) is 11.2. The van der Waals surface area contributed by atoms with Gasteiger partial charge < -0.3 is 20.0 Å². The summed E-state index contributed by atoms with van der Waals surface area (Å²) in [5.41, 5.74) is 4.19. The molecule has 2 aromatic heterocycles. The summed E-state index contributed by atoms with van der Waals surface area (Å²) < 4.78 is 6.53. The second-order valence-electron chi connectivity index (χ2n) is 4.75. The van der Waals surface area contributed by atoms with E-state index in [2.05, 4.69) is 16.5 Å². The van der Waals surface area contributed by atoms with Crippen LogP contribution in [-0.4, -0.2) is 21.4 Å². The fourth-order valence-corrected chi connectivity index (χ4v) is 1.77. The maximum atomic E-state index is 12.3. The molecule has 2 rings (SSSR count). The van der Waals surface area contributed by atoms with Crippen LogP contribution in [0.25, 0.3) is 0 Å². The van der Waals surface area contributed by atoms with E-state index in [0.29, 0.717) is 5.76 Å². The predicted octanol–water partition coefficient (Wildman–Crippen LogP) is 0.427. The highest BCUT2D eigenvalue weighted by atomic mass is 16.3. The van der Waals surface area contributed by atoms with Crippen LogP contribution in [0.4, 0.5) is 0 Å². The molecular formula is C13H15N4O3. The summed E-state index contributed by atoms with van der Waals surface area (Å²) in [4.78, 5) is 27.3. The number of hydrogen-bond donors (Lipinski definition) is 2. The van der Waals surface area contributed by atoms with E-state index in [1.54, 1.807) is 26.0 Å². The van der Waals surface area contributed by atoms with Crippen LogP contribution < -0.4 is 11.1 Å². The van der Waals surface area contributed by atoms with Crippen molar-refractivity contribution in [1.29, 1.82) is 0 Å². The van der Waals surface area contributed by atoms with Gasteiger partial charge in [-0.3, -0.25) is 9.59 Å². The summed E-state index contributed by atoms with van der Waals surface area (Å²) >= 11 is 0. The molecule has 7 heteroatoms. The average molecular weight is 275 g/mol. The van der Waals surface area contributed by atoms with Gasteiger partial charge in [-0.25, -0.2) is 4.98 Å². The van der Waals surface area contributed by atoms with Crippen LogP contribution in [0.5, 0.6) is 0 Å². The predicted molar refractivity (Wildman–Crippen MR) is 69.5 cm³/mol. The molecule has 0 aromatic carbocycles. The van der Waals surface area contributed by atoms with E-state index in [9.17, 15) is 9.59 Å². The topological polar surface area (TPSA) is 103 Å². The summed E-state index contributed by atoms with van der Waals surface area (Å²) in [5.74, 6) is -0.370. The molecule has 0 unspecified atom stereocenters. The molecule has 2 heterocycles. The molecule has 0 saturated heterocycles. The van der Waals surface area contributed by atoms with Crippen molar-refractivity contribution in [1.82, 2.24) is 14.9 Å². The third kappa shape index (κ3) is 2.56. The van der Waals surface area contributed by atoms with Gasteiger partial charge in [-0.1, -0.05) is 0 Å². The number of nitrogens with one attached hydrogen (secondary N) is 1. The fraction of sp³-hybridized carbons (Fsp3) is 0.308. The molecule has 0 aliphatic carbocycles. The Kier molecular flexibility index (Phi) is 3.60. The van der Waals surface area contributed by atoms with Crippen LogP contribution >= 0.6 is 0 Å². The molecule has 1 radical (unpaired) electrons. The number of amides is 2. The smallest absolute Gasteiger partial charge is 0.284 e. The van der Waals surface area contributed by atoms with Gasteiger partial charge >= 0.3 is 0 Å². The lowest BCUT2D eigenvalue weighted by Gasteiger charge is -2.26. The highest BCUT2D eigenvalue weighted by Gasteiger charge is 2.32. The summed E-state index contributed by atoms with van der Waals surface area (Å²) in [6.45, 7) is 3.58. The van der Waals surface area contributed by atoms with Crippen molar-refractivity contribution in [2.45, 2.75) is 25.9 Å². The van der Waals surface area contributed by atoms with Crippen molar-refractivity contribution in [2.75, 3.05) is 0 Å². The molecule has 0 bridgehead atoms. The molecule has 7 nitrogen and oxygen atoms in total. The number of hydrogen-bond acceptors (Lipinski definition) is 4. The lowest BCUT2D eigenvalue weighted by Crippen LogP contribution is -2.45. The third-order valence-corrected chi connectivity index (χ3v) is 2.97. The number of rotatable bonds is 5. The number of carbonyl (C=O) groups excluding carboxylic acids is 2. The van der Waals surface area contributed by atoms with Gasteiger partial charge in [0.1, 0.15) is 17.5 Å². The molecule has 0 atom stereocenters. The normalized spacial score (nSPS) is 11.3. The first-order chi connectivity index (χ1) is 9.43. The molecule has 3 N–H and O–H groups in total. The van der Waals surface area contributed by atoms with E-state index in [4.69, 9.17) is 10.2 Å². The van der Waals surface area contributed by atoms with Gasteiger partial charge in [-0.15, -0.1) is 0 Å². The Morgan fingerprint density at radius 2 is 2.30 bits per heavy atom. The number of nitrogens with two attached hydrogens (primary N) is 1. The van der Waals surface area contributed by atoms with Crippen LogP contribution in [0.15, 0.2) is 29.0 Å². The number of aromatic nitrogens is 2. The molecule has 2 aromatic rings. The standard InChI is InChI=1S/C13H15N4O3/c1-13(2,17-6-5-15-11(17)10(14)18)12(19)16-8-9-4-3-7-20-9/h3-4,6-7H,8H2,1-2H3,(H2,14,18)(H,16,19). The van der Waals surface area contributed by atoms with Crippen LogP contribution in [0.1, 0.15) is 30.2 Å². The molecular weight excluding hydrogens is 260 g/mol.